The highest BCUT2D eigenvalue weighted by Gasteiger charge is 2.34. The van der Waals surface area contributed by atoms with Crippen molar-refractivity contribution in [3.63, 3.8) is 0 Å². The summed E-state index contributed by atoms with van der Waals surface area (Å²) in [6, 6.07) is 6.07. The molecule has 9 nitrogen and oxygen atoms in total. The first-order valence-corrected chi connectivity index (χ1v) is 13.5. The fraction of sp³-hybridized carbons (Fsp3) is 0.517. The number of anilines is 1. The molecule has 3 aromatic rings. The highest BCUT2D eigenvalue weighted by Crippen LogP contribution is 2.41. The summed E-state index contributed by atoms with van der Waals surface area (Å²) < 4.78 is 13.2. The van der Waals surface area contributed by atoms with Crippen LogP contribution in [0.4, 0.5) is 10.5 Å². The minimum absolute atomic E-state index is 0.0263. The quantitative estimate of drug-likeness (QED) is 0.455. The van der Waals surface area contributed by atoms with E-state index in [0.717, 1.165) is 59.4 Å². The number of rotatable bonds is 6. The summed E-state index contributed by atoms with van der Waals surface area (Å²) in [6.07, 6.45) is 8.40. The summed E-state index contributed by atoms with van der Waals surface area (Å²) in [6.45, 7) is 5.99. The Labute approximate surface area is 222 Å². The van der Waals surface area contributed by atoms with Crippen molar-refractivity contribution in [3.05, 3.63) is 47.5 Å². The summed E-state index contributed by atoms with van der Waals surface area (Å²) in [4.78, 5) is 35.8. The monoisotopic (exact) mass is 520 g/mol. The van der Waals surface area contributed by atoms with Crippen LogP contribution in [0.3, 0.4) is 0 Å². The lowest BCUT2D eigenvalue weighted by Crippen LogP contribution is -2.42. The Bertz CT molecular complexity index is 1350. The smallest absolute Gasteiger partial charge is 0.414 e. The minimum Gasteiger partial charge on any atom is -0.489 e. The molecule has 0 spiro atoms. The number of carboxylic acids is 1. The van der Waals surface area contributed by atoms with Gasteiger partial charge in [0.25, 0.3) is 0 Å². The van der Waals surface area contributed by atoms with Crippen molar-refractivity contribution in [1.82, 2.24) is 14.5 Å². The van der Waals surface area contributed by atoms with Crippen molar-refractivity contribution in [3.8, 4) is 5.75 Å². The van der Waals surface area contributed by atoms with Gasteiger partial charge in [-0.2, -0.15) is 0 Å². The number of aryl methyl sites for hydroxylation is 1. The van der Waals surface area contributed by atoms with Gasteiger partial charge in [0, 0.05) is 30.3 Å². The maximum Gasteiger partial charge on any atom is 0.414 e. The van der Waals surface area contributed by atoms with Gasteiger partial charge < -0.3 is 19.1 Å². The summed E-state index contributed by atoms with van der Waals surface area (Å²) in [5, 5.41) is 9.76. The molecule has 1 aliphatic carbocycles. The number of nitrogens with zero attached hydrogens (tertiary/aromatic N) is 4. The molecular formula is C29H36N4O5. The number of carbonyl (C=O) groups is 2. The van der Waals surface area contributed by atoms with Crippen LogP contribution >= 0.6 is 0 Å². The second-order valence-electron chi connectivity index (χ2n) is 10.8. The van der Waals surface area contributed by atoms with Crippen LogP contribution < -0.4 is 9.64 Å². The lowest BCUT2D eigenvalue weighted by atomic mass is 9.85. The molecule has 1 N–H and O–H groups in total. The van der Waals surface area contributed by atoms with Crippen LogP contribution in [0.25, 0.3) is 11.0 Å². The number of hydrogen-bond acceptors (Lipinski definition) is 6. The molecule has 0 bridgehead atoms. The maximum absolute atomic E-state index is 12.6. The molecule has 1 amide bonds. The molecule has 2 aromatic heterocycles. The Morgan fingerprint density at radius 2 is 2.00 bits per heavy atom. The number of methoxy groups -OCH3 is 1. The zero-order valence-electron chi connectivity index (χ0n) is 22.5. The van der Waals surface area contributed by atoms with E-state index in [9.17, 15) is 14.7 Å². The second kappa shape index (κ2) is 10.6. The van der Waals surface area contributed by atoms with Crippen LogP contribution in [-0.4, -0.2) is 51.0 Å². The Balaban J connectivity index is 1.62. The third-order valence-corrected chi connectivity index (χ3v) is 7.76. The van der Waals surface area contributed by atoms with Crippen molar-refractivity contribution in [1.29, 1.82) is 0 Å². The van der Waals surface area contributed by atoms with E-state index in [2.05, 4.69) is 9.55 Å². The van der Waals surface area contributed by atoms with Gasteiger partial charge in [0.1, 0.15) is 11.6 Å². The van der Waals surface area contributed by atoms with Gasteiger partial charge in [-0.1, -0.05) is 6.42 Å². The molecule has 202 valence electrons. The normalized spacial score (nSPS) is 21.4. The summed E-state index contributed by atoms with van der Waals surface area (Å²) in [7, 11) is 1.40. The molecule has 1 aliphatic heterocycles. The van der Waals surface area contributed by atoms with Gasteiger partial charge in [-0.15, -0.1) is 0 Å². The van der Waals surface area contributed by atoms with E-state index >= 15 is 0 Å². The predicted molar refractivity (Wildman–Crippen MR) is 144 cm³/mol. The van der Waals surface area contributed by atoms with E-state index in [1.807, 2.05) is 45.2 Å². The first-order valence-electron chi connectivity index (χ1n) is 13.5. The first kappa shape index (κ1) is 26.0. The number of carbonyl (C=O) groups excluding carboxylic acids is 1. The van der Waals surface area contributed by atoms with Crippen LogP contribution in [-0.2, 0) is 22.4 Å². The van der Waals surface area contributed by atoms with Crippen molar-refractivity contribution >= 4 is 28.8 Å². The summed E-state index contributed by atoms with van der Waals surface area (Å²) in [5.41, 5.74) is 4.70. The fourth-order valence-corrected chi connectivity index (χ4v) is 6.06. The summed E-state index contributed by atoms with van der Waals surface area (Å²) in [5.74, 6) is 0.486. The Morgan fingerprint density at radius 3 is 2.74 bits per heavy atom. The van der Waals surface area contributed by atoms with Gasteiger partial charge >= 0.3 is 12.1 Å². The number of ether oxygens (including phenoxy) is 2. The van der Waals surface area contributed by atoms with Crippen molar-refractivity contribution in [2.45, 2.75) is 83.9 Å². The fourth-order valence-electron chi connectivity index (χ4n) is 6.06. The standard InChI is InChI=1S/C29H36N4O5/c1-17(2)38-22-12-19(15-30-16-22)13-26-31-27-23-9-8-18(3)32(29(36)37-4)24(23)10-11-25(27)33(26)21-7-5-6-20(14-21)28(34)35/h10-12,15-18,20-21H,5-9,13-14H2,1-4H3,(H,34,35)/t18?,20-,21-/m1/s1. The molecule has 2 aliphatic rings. The third kappa shape index (κ3) is 4.93. The molecule has 1 fully saturated rings. The largest absolute Gasteiger partial charge is 0.489 e. The topological polar surface area (TPSA) is 107 Å². The predicted octanol–water partition coefficient (Wildman–Crippen LogP) is 5.53. The number of carboxylic acid groups (broad SMARTS) is 1. The number of imidazole rings is 1. The lowest BCUT2D eigenvalue weighted by Gasteiger charge is -2.34. The van der Waals surface area contributed by atoms with Crippen LogP contribution in [0.5, 0.6) is 5.75 Å². The van der Waals surface area contributed by atoms with Gasteiger partial charge in [0.15, 0.2) is 0 Å². The molecule has 5 rings (SSSR count). The molecule has 0 saturated heterocycles. The number of aromatic nitrogens is 3. The van der Waals surface area contributed by atoms with Crippen LogP contribution in [0.1, 0.15) is 75.9 Å². The van der Waals surface area contributed by atoms with Gasteiger partial charge in [-0.25, -0.2) is 9.78 Å². The number of fused-ring (bicyclic) bond motifs is 3. The number of aliphatic carboxylic acids is 1. The SMILES string of the molecule is COC(=O)N1c2ccc3c(nc(Cc4cncc(OC(C)C)c4)n3[C@@H]3CCC[C@@H](C(=O)O)C3)c2CCC1C. The Hall–Kier alpha value is -3.62. The lowest BCUT2D eigenvalue weighted by molar-refractivity contribution is -0.143. The highest BCUT2D eigenvalue weighted by atomic mass is 16.5. The second-order valence-corrected chi connectivity index (χ2v) is 10.8. The van der Waals surface area contributed by atoms with E-state index in [1.54, 1.807) is 11.1 Å². The van der Waals surface area contributed by atoms with Gasteiger partial charge in [0.2, 0.25) is 0 Å². The first-order chi connectivity index (χ1) is 18.3. The maximum atomic E-state index is 12.6. The van der Waals surface area contributed by atoms with Crippen molar-refractivity contribution < 1.29 is 24.2 Å². The van der Waals surface area contributed by atoms with E-state index < -0.39 is 5.97 Å². The highest BCUT2D eigenvalue weighted by molar-refractivity contribution is 5.95. The van der Waals surface area contributed by atoms with E-state index in [0.29, 0.717) is 25.0 Å². The van der Waals surface area contributed by atoms with Gasteiger partial charge in [0.05, 0.1) is 42.0 Å². The molecular weight excluding hydrogens is 484 g/mol. The number of amides is 1. The minimum atomic E-state index is -0.733. The molecule has 38 heavy (non-hydrogen) atoms. The van der Waals surface area contributed by atoms with Gasteiger partial charge in [-0.05, 0) is 76.6 Å². The third-order valence-electron chi connectivity index (χ3n) is 7.76. The average molecular weight is 521 g/mol. The molecule has 0 radical (unpaired) electrons. The van der Waals surface area contributed by atoms with Crippen LogP contribution in [0.2, 0.25) is 0 Å². The summed E-state index contributed by atoms with van der Waals surface area (Å²) >= 11 is 0. The van der Waals surface area contributed by atoms with Crippen molar-refractivity contribution in [2.75, 3.05) is 12.0 Å². The van der Waals surface area contributed by atoms with E-state index in [1.165, 1.54) is 7.11 Å². The van der Waals surface area contributed by atoms with Crippen molar-refractivity contribution in [2.24, 2.45) is 5.92 Å². The number of pyridine rings is 1. The average Bonchev–Trinajstić information content (AvgIpc) is 3.26. The molecule has 1 aromatic carbocycles. The van der Waals surface area contributed by atoms with Crippen LogP contribution in [0.15, 0.2) is 30.6 Å². The Kier molecular flexibility index (Phi) is 7.27. The molecule has 3 heterocycles. The molecule has 3 atom stereocenters. The van der Waals surface area contributed by atoms with E-state index in [4.69, 9.17) is 14.5 Å². The van der Waals surface area contributed by atoms with E-state index in [-0.39, 0.29) is 30.2 Å². The van der Waals surface area contributed by atoms with Crippen LogP contribution in [0, 0.1) is 5.92 Å². The zero-order chi connectivity index (χ0) is 27.0. The molecule has 1 unspecified atom stereocenters. The number of benzene rings is 1. The zero-order valence-corrected chi connectivity index (χ0v) is 22.5. The molecule has 1 saturated carbocycles. The molecule has 9 heteroatoms. The number of hydrogen-bond donors (Lipinski definition) is 1. The Morgan fingerprint density at radius 1 is 1.18 bits per heavy atom. The van der Waals surface area contributed by atoms with Gasteiger partial charge in [-0.3, -0.25) is 14.7 Å².